The predicted octanol–water partition coefficient (Wildman–Crippen LogP) is 1.37. The van der Waals surface area contributed by atoms with Gasteiger partial charge in [-0.15, -0.1) is 0 Å². The van der Waals surface area contributed by atoms with Crippen LogP contribution in [0.4, 0.5) is 0 Å². The fourth-order valence-corrected chi connectivity index (χ4v) is 2.01. The van der Waals surface area contributed by atoms with Gasteiger partial charge in [-0.05, 0) is 18.6 Å². The molecular formula is C12H17NO3. The van der Waals surface area contributed by atoms with Crippen LogP contribution in [0.1, 0.15) is 17.2 Å². The summed E-state index contributed by atoms with van der Waals surface area (Å²) >= 11 is 0. The van der Waals surface area contributed by atoms with Gasteiger partial charge in [0.05, 0.1) is 19.8 Å². The lowest BCUT2D eigenvalue weighted by Crippen LogP contribution is -2.33. The van der Waals surface area contributed by atoms with E-state index in [1.807, 2.05) is 13.0 Å². The van der Waals surface area contributed by atoms with Crippen molar-refractivity contribution in [1.29, 1.82) is 0 Å². The molecule has 1 saturated heterocycles. The molecule has 1 heterocycles. The molecule has 1 atom stereocenters. The Bertz CT molecular complexity index is 373. The molecule has 0 amide bonds. The Morgan fingerprint density at radius 2 is 2.31 bits per heavy atom. The fraction of sp³-hybridized carbons (Fsp3) is 0.500. The van der Waals surface area contributed by atoms with E-state index in [4.69, 9.17) is 9.47 Å². The van der Waals surface area contributed by atoms with Crippen LogP contribution < -0.4 is 10.1 Å². The minimum absolute atomic E-state index is 0.0937. The van der Waals surface area contributed by atoms with Crippen LogP contribution in [0.2, 0.25) is 0 Å². The number of phenols is 1. The number of hydrogen-bond donors (Lipinski definition) is 2. The third-order valence-corrected chi connectivity index (χ3v) is 2.87. The maximum absolute atomic E-state index is 10.1. The Kier molecular flexibility index (Phi) is 3.31. The van der Waals surface area contributed by atoms with E-state index in [0.717, 1.165) is 24.2 Å². The van der Waals surface area contributed by atoms with Crippen molar-refractivity contribution in [3.8, 4) is 11.5 Å². The third kappa shape index (κ3) is 1.99. The summed E-state index contributed by atoms with van der Waals surface area (Å²) in [5.74, 6) is 0.686. The molecule has 0 saturated carbocycles. The summed E-state index contributed by atoms with van der Waals surface area (Å²) in [6.45, 7) is 4.22. The van der Waals surface area contributed by atoms with Crippen molar-refractivity contribution in [3.05, 3.63) is 23.3 Å². The summed E-state index contributed by atoms with van der Waals surface area (Å²) in [4.78, 5) is 0. The van der Waals surface area contributed by atoms with Gasteiger partial charge >= 0.3 is 0 Å². The van der Waals surface area contributed by atoms with E-state index in [0.29, 0.717) is 12.4 Å². The van der Waals surface area contributed by atoms with Gasteiger partial charge in [-0.1, -0.05) is 6.07 Å². The minimum atomic E-state index is -0.0937. The first kappa shape index (κ1) is 11.2. The number of methoxy groups -OCH3 is 1. The number of aromatic hydroxyl groups is 1. The molecule has 0 aromatic heterocycles. The summed E-state index contributed by atoms with van der Waals surface area (Å²) in [7, 11) is 1.55. The van der Waals surface area contributed by atoms with E-state index >= 15 is 0 Å². The van der Waals surface area contributed by atoms with Crippen molar-refractivity contribution in [2.75, 3.05) is 26.8 Å². The molecule has 1 aliphatic heterocycles. The maximum atomic E-state index is 10.1. The lowest BCUT2D eigenvalue weighted by atomic mass is 10.0. The second kappa shape index (κ2) is 4.72. The SMILES string of the molecule is COc1ccc(C)c(C2CNCCO2)c1O. The van der Waals surface area contributed by atoms with E-state index in [1.54, 1.807) is 13.2 Å². The first-order valence-corrected chi connectivity index (χ1v) is 5.43. The Morgan fingerprint density at radius 1 is 1.50 bits per heavy atom. The van der Waals surface area contributed by atoms with Crippen LogP contribution >= 0.6 is 0 Å². The molecular weight excluding hydrogens is 206 g/mol. The molecule has 16 heavy (non-hydrogen) atoms. The van der Waals surface area contributed by atoms with Gasteiger partial charge in [0.15, 0.2) is 11.5 Å². The van der Waals surface area contributed by atoms with E-state index in [2.05, 4.69) is 5.32 Å². The molecule has 1 aliphatic rings. The molecule has 2 N–H and O–H groups in total. The maximum Gasteiger partial charge on any atom is 0.163 e. The van der Waals surface area contributed by atoms with Crippen molar-refractivity contribution in [2.24, 2.45) is 0 Å². The van der Waals surface area contributed by atoms with Gasteiger partial charge < -0.3 is 19.9 Å². The molecule has 0 radical (unpaired) electrons. The molecule has 88 valence electrons. The van der Waals surface area contributed by atoms with Crippen LogP contribution in [0, 0.1) is 6.92 Å². The monoisotopic (exact) mass is 223 g/mol. The Hall–Kier alpha value is -1.26. The Balaban J connectivity index is 2.37. The van der Waals surface area contributed by atoms with Gasteiger partial charge in [-0.2, -0.15) is 0 Å². The molecule has 1 fully saturated rings. The normalized spacial score (nSPS) is 20.8. The Labute approximate surface area is 95.2 Å². The first-order valence-electron chi connectivity index (χ1n) is 5.43. The molecule has 2 rings (SSSR count). The van der Waals surface area contributed by atoms with E-state index in [-0.39, 0.29) is 11.9 Å². The van der Waals surface area contributed by atoms with E-state index in [1.165, 1.54) is 0 Å². The van der Waals surface area contributed by atoms with Crippen LogP contribution in [0.3, 0.4) is 0 Å². The highest BCUT2D eigenvalue weighted by Crippen LogP contribution is 2.37. The number of rotatable bonds is 2. The highest BCUT2D eigenvalue weighted by molar-refractivity contribution is 5.50. The number of aryl methyl sites for hydroxylation is 1. The van der Waals surface area contributed by atoms with Crippen molar-refractivity contribution >= 4 is 0 Å². The topological polar surface area (TPSA) is 50.7 Å². The van der Waals surface area contributed by atoms with Crippen molar-refractivity contribution in [1.82, 2.24) is 5.32 Å². The predicted molar refractivity (Wildman–Crippen MR) is 61.0 cm³/mol. The quantitative estimate of drug-likeness (QED) is 0.795. The van der Waals surface area contributed by atoms with Crippen molar-refractivity contribution < 1.29 is 14.6 Å². The molecule has 1 unspecified atom stereocenters. The zero-order valence-corrected chi connectivity index (χ0v) is 9.62. The molecule has 0 aliphatic carbocycles. The lowest BCUT2D eigenvalue weighted by Gasteiger charge is -2.26. The fourth-order valence-electron chi connectivity index (χ4n) is 2.01. The zero-order chi connectivity index (χ0) is 11.5. The molecule has 0 spiro atoms. The third-order valence-electron chi connectivity index (χ3n) is 2.87. The van der Waals surface area contributed by atoms with E-state index < -0.39 is 0 Å². The molecule has 4 nitrogen and oxygen atoms in total. The molecule has 4 heteroatoms. The van der Waals surface area contributed by atoms with Gasteiger partial charge in [0.2, 0.25) is 0 Å². The second-order valence-electron chi connectivity index (χ2n) is 3.91. The Morgan fingerprint density at radius 3 is 2.94 bits per heavy atom. The van der Waals surface area contributed by atoms with Crippen molar-refractivity contribution in [2.45, 2.75) is 13.0 Å². The van der Waals surface area contributed by atoms with Crippen LogP contribution in [0.5, 0.6) is 11.5 Å². The van der Waals surface area contributed by atoms with Crippen LogP contribution in [-0.2, 0) is 4.74 Å². The smallest absolute Gasteiger partial charge is 0.163 e. The van der Waals surface area contributed by atoms with Crippen LogP contribution in [0.15, 0.2) is 12.1 Å². The number of benzene rings is 1. The zero-order valence-electron chi connectivity index (χ0n) is 9.62. The number of phenolic OH excluding ortho intramolecular Hbond substituents is 1. The summed E-state index contributed by atoms with van der Waals surface area (Å²) in [6, 6.07) is 3.70. The van der Waals surface area contributed by atoms with Crippen molar-refractivity contribution in [3.63, 3.8) is 0 Å². The van der Waals surface area contributed by atoms with Crippen LogP contribution in [0.25, 0.3) is 0 Å². The minimum Gasteiger partial charge on any atom is -0.504 e. The van der Waals surface area contributed by atoms with Gasteiger partial charge in [-0.25, -0.2) is 0 Å². The summed E-state index contributed by atoms with van der Waals surface area (Å²) in [5.41, 5.74) is 1.85. The number of morpholine rings is 1. The average molecular weight is 223 g/mol. The molecule has 0 bridgehead atoms. The van der Waals surface area contributed by atoms with Gasteiger partial charge in [0.25, 0.3) is 0 Å². The highest BCUT2D eigenvalue weighted by atomic mass is 16.5. The molecule has 1 aromatic rings. The number of ether oxygens (including phenoxy) is 2. The summed E-state index contributed by atoms with van der Waals surface area (Å²) in [6.07, 6.45) is -0.0937. The standard InChI is InChI=1S/C12H17NO3/c1-8-3-4-9(15-2)12(14)11(8)10-7-13-5-6-16-10/h3-4,10,13-14H,5-7H2,1-2H3. The largest absolute Gasteiger partial charge is 0.504 e. The van der Waals surface area contributed by atoms with Crippen LogP contribution in [-0.4, -0.2) is 31.9 Å². The first-order chi connectivity index (χ1) is 7.74. The van der Waals surface area contributed by atoms with Gasteiger partial charge in [0.1, 0.15) is 0 Å². The van der Waals surface area contributed by atoms with Gasteiger partial charge in [0, 0.05) is 18.7 Å². The lowest BCUT2D eigenvalue weighted by molar-refractivity contribution is 0.0257. The summed E-state index contributed by atoms with van der Waals surface area (Å²) in [5, 5.41) is 13.3. The number of hydrogen-bond acceptors (Lipinski definition) is 4. The highest BCUT2D eigenvalue weighted by Gasteiger charge is 2.22. The summed E-state index contributed by atoms with van der Waals surface area (Å²) < 4.78 is 10.8. The molecule has 1 aromatic carbocycles. The average Bonchev–Trinajstić information content (AvgIpc) is 2.31. The second-order valence-corrected chi connectivity index (χ2v) is 3.91. The van der Waals surface area contributed by atoms with Gasteiger partial charge in [-0.3, -0.25) is 0 Å². The number of nitrogens with one attached hydrogen (secondary N) is 1. The van der Waals surface area contributed by atoms with E-state index in [9.17, 15) is 5.11 Å².